The van der Waals surface area contributed by atoms with Gasteiger partial charge < -0.3 is 4.90 Å². The van der Waals surface area contributed by atoms with E-state index in [0.717, 1.165) is 17.1 Å². The molecule has 3 heteroatoms. The fourth-order valence-electron chi connectivity index (χ4n) is 3.62. The summed E-state index contributed by atoms with van der Waals surface area (Å²) in [6.45, 7) is 2.13. The van der Waals surface area contributed by atoms with Crippen molar-refractivity contribution < 1.29 is 0 Å². The molecule has 2 aromatic heterocycles. The lowest BCUT2D eigenvalue weighted by molar-refractivity contribution is 1.28. The summed E-state index contributed by atoms with van der Waals surface area (Å²) in [5.74, 6) is 0. The number of anilines is 3. The molecule has 0 fully saturated rings. The minimum Gasteiger partial charge on any atom is -0.310 e. The third kappa shape index (κ3) is 3.82. The van der Waals surface area contributed by atoms with Crippen LogP contribution in [-0.4, -0.2) is 0 Å². The SMILES string of the molecule is Cc1ccc(N(c2cccc(-c3cccs3)c2)c2cccc(-c3cccs3)c2)cc1. The van der Waals surface area contributed by atoms with E-state index in [-0.39, 0.29) is 0 Å². The molecular formula is C27H21NS2. The van der Waals surface area contributed by atoms with E-state index in [0.29, 0.717) is 0 Å². The maximum Gasteiger partial charge on any atom is 0.0468 e. The van der Waals surface area contributed by atoms with Gasteiger partial charge >= 0.3 is 0 Å². The predicted octanol–water partition coefficient (Wildman–Crippen LogP) is 8.92. The molecule has 0 aliphatic heterocycles. The van der Waals surface area contributed by atoms with Crippen LogP contribution >= 0.6 is 22.7 Å². The largest absolute Gasteiger partial charge is 0.310 e. The first-order valence-electron chi connectivity index (χ1n) is 9.93. The number of hydrogen-bond donors (Lipinski definition) is 0. The Balaban J connectivity index is 1.65. The number of aryl methyl sites for hydroxylation is 1. The standard InChI is InChI=1S/C27H21NS2/c1-20-12-14-23(15-13-20)28(24-8-2-6-21(18-24)26-10-4-16-29-26)25-9-3-7-22(19-25)27-11-5-17-30-27/h2-19H,1H3. The Morgan fingerprint density at radius 1 is 0.533 bits per heavy atom. The Bertz CT molecular complexity index is 1160. The molecule has 1 nitrogen and oxygen atoms in total. The van der Waals surface area contributed by atoms with Gasteiger partial charge in [-0.25, -0.2) is 0 Å². The van der Waals surface area contributed by atoms with E-state index in [1.165, 1.54) is 26.4 Å². The summed E-state index contributed by atoms with van der Waals surface area (Å²) in [6.07, 6.45) is 0. The maximum atomic E-state index is 2.34. The summed E-state index contributed by atoms with van der Waals surface area (Å²) in [6, 6.07) is 34.9. The fraction of sp³-hybridized carbons (Fsp3) is 0.0370. The van der Waals surface area contributed by atoms with Crippen LogP contribution in [0.2, 0.25) is 0 Å². The number of benzene rings is 3. The number of hydrogen-bond acceptors (Lipinski definition) is 3. The van der Waals surface area contributed by atoms with Gasteiger partial charge in [0.1, 0.15) is 0 Å². The number of thiophene rings is 2. The lowest BCUT2D eigenvalue weighted by atomic mass is 10.1. The van der Waals surface area contributed by atoms with Gasteiger partial charge in [-0.1, -0.05) is 54.1 Å². The first-order chi connectivity index (χ1) is 14.8. The highest BCUT2D eigenvalue weighted by Gasteiger charge is 2.14. The molecule has 0 radical (unpaired) electrons. The fourth-order valence-corrected chi connectivity index (χ4v) is 5.07. The molecule has 30 heavy (non-hydrogen) atoms. The lowest BCUT2D eigenvalue weighted by Crippen LogP contribution is -2.10. The highest BCUT2D eigenvalue weighted by atomic mass is 32.1. The second-order valence-corrected chi connectivity index (χ2v) is 9.12. The van der Waals surface area contributed by atoms with Crippen LogP contribution in [0.25, 0.3) is 20.9 Å². The number of nitrogens with zero attached hydrogens (tertiary/aromatic N) is 1. The first-order valence-corrected chi connectivity index (χ1v) is 11.7. The topological polar surface area (TPSA) is 3.24 Å². The van der Waals surface area contributed by atoms with Crippen LogP contribution in [0.15, 0.2) is 108 Å². The van der Waals surface area contributed by atoms with Crippen LogP contribution in [0, 0.1) is 6.92 Å². The van der Waals surface area contributed by atoms with Gasteiger partial charge in [-0.15, -0.1) is 22.7 Å². The lowest BCUT2D eigenvalue weighted by Gasteiger charge is -2.26. The van der Waals surface area contributed by atoms with Crippen molar-refractivity contribution in [2.24, 2.45) is 0 Å². The van der Waals surface area contributed by atoms with Crippen molar-refractivity contribution in [3.8, 4) is 20.9 Å². The minimum atomic E-state index is 1.16. The normalized spacial score (nSPS) is 10.8. The molecule has 5 rings (SSSR count). The Labute approximate surface area is 185 Å². The van der Waals surface area contributed by atoms with Gasteiger partial charge in [0.05, 0.1) is 0 Å². The molecule has 0 atom stereocenters. The third-order valence-electron chi connectivity index (χ3n) is 5.11. The van der Waals surface area contributed by atoms with Crippen LogP contribution in [0.5, 0.6) is 0 Å². The van der Waals surface area contributed by atoms with Gasteiger partial charge in [0.25, 0.3) is 0 Å². The second kappa shape index (κ2) is 8.31. The Kier molecular flexibility index (Phi) is 5.22. The first kappa shape index (κ1) is 18.9. The van der Waals surface area contributed by atoms with Crippen molar-refractivity contribution in [1.82, 2.24) is 0 Å². The van der Waals surface area contributed by atoms with E-state index in [1.807, 2.05) is 0 Å². The molecule has 0 aliphatic carbocycles. The molecule has 2 heterocycles. The van der Waals surface area contributed by atoms with Crippen LogP contribution in [-0.2, 0) is 0 Å². The summed E-state index contributed by atoms with van der Waals surface area (Å²) >= 11 is 3.55. The summed E-state index contributed by atoms with van der Waals surface area (Å²) in [5.41, 5.74) is 7.23. The van der Waals surface area contributed by atoms with Crippen LogP contribution < -0.4 is 4.90 Å². The molecular weight excluding hydrogens is 402 g/mol. The zero-order valence-corrected chi connectivity index (χ0v) is 18.3. The van der Waals surface area contributed by atoms with E-state index >= 15 is 0 Å². The predicted molar refractivity (Wildman–Crippen MR) is 132 cm³/mol. The van der Waals surface area contributed by atoms with E-state index in [1.54, 1.807) is 22.7 Å². The Morgan fingerprint density at radius 3 is 1.53 bits per heavy atom. The molecule has 3 aromatic carbocycles. The molecule has 0 spiro atoms. The minimum absolute atomic E-state index is 1.16. The molecule has 0 saturated heterocycles. The van der Waals surface area contributed by atoms with E-state index in [2.05, 4.69) is 120 Å². The quantitative estimate of drug-likeness (QED) is 0.273. The summed E-state index contributed by atoms with van der Waals surface area (Å²) in [4.78, 5) is 4.91. The van der Waals surface area contributed by atoms with Gasteiger partial charge in [0, 0.05) is 26.8 Å². The van der Waals surface area contributed by atoms with Gasteiger partial charge in [0.15, 0.2) is 0 Å². The molecule has 0 N–H and O–H groups in total. The van der Waals surface area contributed by atoms with Gasteiger partial charge in [-0.3, -0.25) is 0 Å². The zero-order valence-electron chi connectivity index (χ0n) is 16.7. The van der Waals surface area contributed by atoms with Crippen LogP contribution in [0.1, 0.15) is 5.56 Å². The van der Waals surface area contributed by atoms with Crippen molar-refractivity contribution in [2.75, 3.05) is 4.90 Å². The van der Waals surface area contributed by atoms with Gasteiger partial charge in [-0.2, -0.15) is 0 Å². The smallest absolute Gasteiger partial charge is 0.0468 e. The van der Waals surface area contributed by atoms with Crippen LogP contribution in [0.4, 0.5) is 17.1 Å². The average Bonchev–Trinajstić information content (AvgIpc) is 3.51. The maximum absolute atomic E-state index is 2.34. The molecule has 0 amide bonds. The summed E-state index contributed by atoms with van der Waals surface area (Å²) in [5, 5.41) is 4.26. The Morgan fingerprint density at radius 2 is 1.07 bits per heavy atom. The zero-order chi connectivity index (χ0) is 20.3. The van der Waals surface area contributed by atoms with Crippen molar-refractivity contribution >= 4 is 39.7 Å². The van der Waals surface area contributed by atoms with Gasteiger partial charge in [-0.05, 0) is 77.3 Å². The molecule has 5 aromatic rings. The van der Waals surface area contributed by atoms with Crippen molar-refractivity contribution in [3.63, 3.8) is 0 Å². The van der Waals surface area contributed by atoms with E-state index in [4.69, 9.17) is 0 Å². The summed E-state index contributed by atoms with van der Waals surface area (Å²) < 4.78 is 0. The molecule has 146 valence electrons. The second-order valence-electron chi connectivity index (χ2n) is 7.23. The van der Waals surface area contributed by atoms with Crippen molar-refractivity contribution in [3.05, 3.63) is 113 Å². The monoisotopic (exact) mass is 423 g/mol. The van der Waals surface area contributed by atoms with Crippen LogP contribution in [0.3, 0.4) is 0 Å². The molecule has 0 aliphatic rings. The van der Waals surface area contributed by atoms with Crippen molar-refractivity contribution in [1.29, 1.82) is 0 Å². The average molecular weight is 424 g/mol. The van der Waals surface area contributed by atoms with Gasteiger partial charge in [0.2, 0.25) is 0 Å². The van der Waals surface area contributed by atoms with Crippen molar-refractivity contribution in [2.45, 2.75) is 6.92 Å². The third-order valence-corrected chi connectivity index (χ3v) is 6.95. The summed E-state index contributed by atoms with van der Waals surface area (Å²) in [7, 11) is 0. The molecule has 0 saturated carbocycles. The van der Waals surface area contributed by atoms with E-state index < -0.39 is 0 Å². The molecule has 0 bridgehead atoms. The highest BCUT2D eigenvalue weighted by molar-refractivity contribution is 7.13. The highest BCUT2D eigenvalue weighted by Crippen LogP contribution is 2.39. The Hall–Kier alpha value is -3.14. The number of rotatable bonds is 5. The molecule has 0 unspecified atom stereocenters. The van der Waals surface area contributed by atoms with E-state index in [9.17, 15) is 0 Å².